The molecule has 1 aliphatic rings. The SMILES string of the molecule is CC(C)(C)OCC(O)CN1CCCN(CC(O)COC(C)(C)C)CC1. The summed E-state index contributed by atoms with van der Waals surface area (Å²) in [5.41, 5.74) is -0.441. The topological polar surface area (TPSA) is 65.4 Å². The number of ether oxygens (including phenoxy) is 2. The summed E-state index contributed by atoms with van der Waals surface area (Å²) in [4.78, 5) is 4.57. The summed E-state index contributed by atoms with van der Waals surface area (Å²) in [5, 5.41) is 20.4. The zero-order valence-corrected chi connectivity index (χ0v) is 17.1. The molecule has 25 heavy (non-hydrogen) atoms. The van der Waals surface area contributed by atoms with Gasteiger partial charge in [0.05, 0.1) is 36.6 Å². The van der Waals surface area contributed by atoms with Crippen molar-refractivity contribution < 1.29 is 19.7 Å². The van der Waals surface area contributed by atoms with E-state index in [-0.39, 0.29) is 11.2 Å². The molecule has 6 nitrogen and oxygen atoms in total. The predicted molar refractivity (Wildman–Crippen MR) is 101 cm³/mol. The molecule has 6 heteroatoms. The first kappa shape index (κ1) is 22.8. The van der Waals surface area contributed by atoms with Crippen LogP contribution >= 0.6 is 0 Å². The number of aliphatic hydroxyl groups is 2. The van der Waals surface area contributed by atoms with Gasteiger partial charge in [0, 0.05) is 26.2 Å². The van der Waals surface area contributed by atoms with Gasteiger partial charge < -0.3 is 19.7 Å². The molecule has 1 rings (SSSR count). The van der Waals surface area contributed by atoms with Crippen LogP contribution in [0, 0.1) is 0 Å². The summed E-state index contributed by atoms with van der Waals surface area (Å²) in [7, 11) is 0. The number of hydrogen-bond donors (Lipinski definition) is 2. The molecule has 0 aliphatic carbocycles. The summed E-state index contributed by atoms with van der Waals surface area (Å²) in [5.74, 6) is 0. The Hall–Kier alpha value is -0.240. The van der Waals surface area contributed by atoms with Crippen molar-refractivity contribution in [3.05, 3.63) is 0 Å². The maximum absolute atomic E-state index is 10.2. The average molecular weight is 361 g/mol. The molecule has 1 heterocycles. The summed E-state index contributed by atoms with van der Waals surface area (Å²) < 4.78 is 11.3. The monoisotopic (exact) mass is 360 g/mol. The second-order valence-electron chi connectivity index (χ2n) is 9.11. The zero-order chi connectivity index (χ0) is 19.1. The van der Waals surface area contributed by atoms with E-state index in [2.05, 4.69) is 9.80 Å². The van der Waals surface area contributed by atoms with E-state index in [1.54, 1.807) is 0 Å². The van der Waals surface area contributed by atoms with Gasteiger partial charge in [-0.2, -0.15) is 0 Å². The first-order chi connectivity index (χ1) is 11.4. The van der Waals surface area contributed by atoms with E-state index in [0.29, 0.717) is 26.3 Å². The van der Waals surface area contributed by atoms with Gasteiger partial charge in [-0.25, -0.2) is 0 Å². The van der Waals surface area contributed by atoms with Crippen LogP contribution in [-0.2, 0) is 9.47 Å². The molecule has 0 aromatic heterocycles. The van der Waals surface area contributed by atoms with Crippen molar-refractivity contribution in [3.8, 4) is 0 Å². The van der Waals surface area contributed by atoms with E-state index in [1.165, 1.54) is 0 Å². The lowest BCUT2D eigenvalue weighted by Crippen LogP contribution is -2.40. The fourth-order valence-corrected chi connectivity index (χ4v) is 2.78. The molecule has 0 bridgehead atoms. The highest BCUT2D eigenvalue weighted by Crippen LogP contribution is 2.11. The van der Waals surface area contributed by atoms with Gasteiger partial charge >= 0.3 is 0 Å². The first-order valence-electron chi connectivity index (χ1n) is 9.53. The van der Waals surface area contributed by atoms with Crippen LogP contribution in [0.1, 0.15) is 48.0 Å². The third-order valence-electron chi connectivity index (χ3n) is 4.04. The molecule has 2 N–H and O–H groups in total. The molecule has 0 radical (unpaired) electrons. The Morgan fingerprint density at radius 1 is 0.720 bits per heavy atom. The molecule has 0 aromatic carbocycles. The summed E-state index contributed by atoms with van der Waals surface area (Å²) in [6.07, 6.45) is 0.118. The number of nitrogens with zero attached hydrogens (tertiary/aromatic N) is 2. The maximum atomic E-state index is 10.2. The number of aliphatic hydroxyl groups excluding tert-OH is 2. The standard InChI is InChI=1S/C19H40N2O4/c1-18(2,3)24-14-16(22)12-20-8-7-9-21(11-10-20)13-17(23)15-25-19(4,5)6/h16-17,22-23H,7-15H2,1-6H3. The molecule has 1 saturated heterocycles. The normalized spacial score (nSPS) is 21.1. The Bertz CT molecular complexity index is 331. The van der Waals surface area contributed by atoms with Crippen molar-refractivity contribution in [2.24, 2.45) is 0 Å². The van der Waals surface area contributed by atoms with E-state index in [0.717, 1.165) is 32.6 Å². The zero-order valence-electron chi connectivity index (χ0n) is 17.1. The van der Waals surface area contributed by atoms with Gasteiger partial charge in [-0.1, -0.05) is 0 Å². The molecule has 0 spiro atoms. The highest BCUT2D eigenvalue weighted by atomic mass is 16.5. The molecule has 0 saturated carbocycles. The van der Waals surface area contributed by atoms with Crippen molar-refractivity contribution in [2.75, 3.05) is 52.5 Å². The quantitative estimate of drug-likeness (QED) is 0.681. The van der Waals surface area contributed by atoms with Crippen LogP contribution in [-0.4, -0.2) is 95.9 Å². The van der Waals surface area contributed by atoms with Crippen molar-refractivity contribution >= 4 is 0 Å². The van der Waals surface area contributed by atoms with E-state index >= 15 is 0 Å². The van der Waals surface area contributed by atoms with Gasteiger partial charge in [-0.05, 0) is 61.1 Å². The van der Waals surface area contributed by atoms with E-state index in [9.17, 15) is 10.2 Å². The van der Waals surface area contributed by atoms with Crippen LogP contribution in [0.15, 0.2) is 0 Å². The van der Waals surface area contributed by atoms with Crippen molar-refractivity contribution in [2.45, 2.75) is 71.4 Å². The fraction of sp³-hybridized carbons (Fsp3) is 1.00. The smallest absolute Gasteiger partial charge is 0.0900 e. The van der Waals surface area contributed by atoms with E-state index < -0.39 is 12.2 Å². The van der Waals surface area contributed by atoms with Gasteiger partial charge in [-0.15, -0.1) is 0 Å². The van der Waals surface area contributed by atoms with Crippen LogP contribution in [0.2, 0.25) is 0 Å². The Kier molecular flexibility index (Phi) is 9.29. The predicted octanol–water partition coefficient (Wildman–Crippen LogP) is 1.35. The molecule has 150 valence electrons. The number of hydrogen-bond acceptors (Lipinski definition) is 6. The van der Waals surface area contributed by atoms with Gasteiger partial charge in [0.15, 0.2) is 0 Å². The van der Waals surface area contributed by atoms with Crippen molar-refractivity contribution in [1.82, 2.24) is 9.80 Å². The molecule has 2 unspecified atom stereocenters. The first-order valence-corrected chi connectivity index (χ1v) is 9.53. The summed E-state index contributed by atoms with van der Waals surface area (Å²) >= 11 is 0. The summed E-state index contributed by atoms with van der Waals surface area (Å²) in [6.45, 7) is 17.7. The maximum Gasteiger partial charge on any atom is 0.0900 e. The average Bonchev–Trinajstić information content (AvgIpc) is 2.67. The second kappa shape index (κ2) is 10.2. The largest absolute Gasteiger partial charge is 0.389 e. The minimum absolute atomic E-state index is 0.220. The minimum atomic E-state index is -0.462. The summed E-state index contributed by atoms with van der Waals surface area (Å²) in [6, 6.07) is 0. The Labute approximate surface area is 154 Å². The van der Waals surface area contributed by atoms with Crippen LogP contribution in [0.4, 0.5) is 0 Å². The molecular weight excluding hydrogens is 320 g/mol. The number of rotatable bonds is 8. The van der Waals surface area contributed by atoms with Gasteiger partial charge in [-0.3, -0.25) is 9.80 Å². The van der Waals surface area contributed by atoms with Gasteiger partial charge in [0.1, 0.15) is 0 Å². The van der Waals surface area contributed by atoms with Crippen molar-refractivity contribution in [1.29, 1.82) is 0 Å². The number of β-amino-alcohol motifs (C(OH)–C–C–N with tert-alkyl or cyclic N) is 2. The lowest BCUT2D eigenvalue weighted by atomic mass is 10.2. The molecule has 0 amide bonds. The third-order valence-corrected chi connectivity index (χ3v) is 4.04. The van der Waals surface area contributed by atoms with Gasteiger partial charge in [0.25, 0.3) is 0 Å². The Morgan fingerprint density at radius 2 is 1.08 bits per heavy atom. The molecule has 2 atom stereocenters. The third kappa shape index (κ3) is 11.9. The Balaban J connectivity index is 2.29. The highest BCUT2D eigenvalue weighted by molar-refractivity contribution is 4.75. The van der Waals surface area contributed by atoms with Crippen LogP contribution in [0.3, 0.4) is 0 Å². The minimum Gasteiger partial charge on any atom is -0.389 e. The molecular formula is C19H40N2O4. The second-order valence-corrected chi connectivity index (χ2v) is 9.11. The van der Waals surface area contributed by atoms with Crippen LogP contribution < -0.4 is 0 Å². The van der Waals surface area contributed by atoms with Crippen molar-refractivity contribution in [3.63, 3.8) is 0 Å². The van der Waals surface area contributed by atoms with Crippen LogP contribution in [0.25, 0.3) is 0 Å². The lowest BCUT2D eigenvalue weighted by molar-refractivity contribution is -0.0576. The Morgan fingerprint density at radius 3 is 1.40 bits per heavy atom. The molecule has 1 aliphatic heterocycles. The van der Waals surface area contributed by atoms with Crippen LogP contribution in [0.5, 0.6) is 0 Å². The highest BCUT2D eigenvalue weighted by Gasteiger charge is 2.21. The lowest BCUT2D eigenvalue weighted by Gasteiger charge is -2.27. The van der Waals surface area contributed by atoms with Gasteiger partial charge in [0.2, 0.25) is 0 Å². The molecule has 0 aromatic rings. The van der Waals surface area contributed by atoms with E-state index in [4.69, 9.17) is 9.47 Å². The fourth-order valence-electron chi connectivity index (χ4n) is 2.78. The molecule has 1 fully saturated rings. The van der Waals surface area contributed by atoms with E-state index in [1.807, 2.05) is 41.5 Å².